The van der Waals surface area contributed by atoms with Crippen molar-refractivity contribution in [1.82, 2.24) is 15.2 Å². The summed E-state index contributed by atoms with van der Waals surface area (Å²) in [5, 5.41) is 3.82. The Bertz CT molecular complexity index is 1110. The molecule has 0 saturated carbocycles. The largest absolute Gasteiger partial charge is 0.477 e. The van der Waals surface area contributed by atoms with Crippen molar-refractivity contribution in [3.63, 3.8) is 0 Å². The van der Waals surface area contributed by atoms with Crippen LogP contribution < -0.4 is 15.0 Å². The molecule has 3 aromatic rings. The van der Waals surface area contributed by atoms with E-state index < -0.39 is 6.10 Å². The third-order valence-electron chi connectivity index (χ3n) is 6.23. The zero-order valence-corrected chi connectivity index (χ0v) is 18.8. The third-order valence-corrected chi connectivity index (χ3v) is 7.43. The van der Waals surface area contributed by atoms with Crippen LogP contribution in [0, 0.1) is 0 Å². The van der Waals surface area contributed by atoms with Gasteiger partial charge in [0.1, 0.15) is 5.75 Å². The zero-order valence-electron chi connectivity index (χ0n) is 18.0. The molecule has 166 valence electrons. The number of anilines is 1. The van der Waals surface area contributed by atoms with Crippen molar-refractivity contribution < 1.29 is 14.3 Å². The Kier molecular flexibility index (Phi) is 5.70. The number of nitrogens with zero attached hydrogens (tertiary/aromatic N) is 3. The minimum Gasteiger partial charge on any atom is -0.477 e. The number of benzene rings is 2. The first kappa shape index (κ1) is 20.8. The second-order valence-corrected chi connectivity index (χ2v) is 9.31. The van der Waals surface area contributed by atoms with E-state index in [1.165, 1.54) is 9.71 Å². The van der Waals surface area contributed by atoms with Gasteiger partial charge in [-0.05, 0) is 37.1 Å². The Labute approximate surface area is 191 Å². The minimum absolute atomic E-state index is 0.0834. The number of carbonyl (C=O) groups excluding carboxylic acids is 2. The van der Waals surface area contributed by atoms with Crippen molar-refractivity contribution in [2.45, 2.75) is 24.9 Å². The quantitative estimate of drug-likeness (QED) is 0.661. The van der Waals surface area contributed by atoms with Crippen molar-refractivity contribution in [2.75, 3.05) is 38.1 Å². The first-order valence-electron chi connectivity index (χ1n) is 11.0. The van der Waals surface area contributed by atoms with E-state index >= 15 is 0 Å². The van der Waals surface area contributed by atoms with Crippen molar-refractivity contribution in [2.24, 2.45) is 0 Å². The number of hydrogen-bond acceptors (Lipinski definition) is 6. The van der Waals surface area contributed by atoms with Crippen LogP contribution in [0.2, 0.25) is 0 Å². The summed E-state index contributed by atoms with van der Waals surface area (Å²) in [6.07, 6.45) is 1.21. The van der Waals surface area contributed by atoms with Crippen LogP contribution in [-0.2, 0) is 9.59 Å². The van der Waals surface area contributed by atoms with Gasteiger partial charge < -0.3 is 19.9 Å². The van der Waals surface area contributed by atoms with Crippen LogP contribution >= 0.6 is 11.3 Å². The number of fused-ring (bicyclic) bond motifs is 2. The lowest BCUT2D eigenvalue weighted by atomic mass is 9.97. The highest BCUT2D eigenvalue weighted by Gasteiger charge is 2.33. The topological polar surface area (TPSA) is 74.8 Å². The Morgan fingerprint density at radius 1 is 1.12 bits per heavy atom. The highest BCUT2D eigenvalue weighted by Crippen LogP contribution is 2.35. The van der Waals surface area contributed by atoms with E-state index in [0.717, 1.165) is 37.1 Å². The summed E-state index contributed by atoms with van der Waals surface area (Å²) in [4.78, 5) is 34.0. The Hall–Kier alpha value is -3.13. The van der Waals surface area contributed by atoms with Crippen LogP contribution in [0.3, 0.4) is 0 Å². The summed E-state index contributed by atoms with van der Waals surface area (Å²) in [6.45, 7) is 2.04. The average molecular weight is 451 g/mol. The Morgan fingerprint density at radius 2 is 1.88 bits per heavy atom. The molecule has 7 nitrogen and oxygen atoms in total. The number of para-hydroxylation sites is 3. The molecule has 1 N–H and O–H groups in total. The summed E-state index contributed by atoms with van der Waals surface area (Å²) in [6, 6.07) is 15.8. The van der Waals surface area contributed by atoms with Gasteiger partial charge in [-0.3, -0.25) is 9.59 Å². The predicted octanol–water partition coefficient (Wildman–Crippen LogP) is 3.02. The van der Waals surface area contributed by atoms with Crippen LogP contribution in [0.1, 0.15) is 23.8 Å². The highest BCUT2D eigenvalue weighted by atomic mass is 32.1. The fourth-order valence-electron chi connectivity index (χ4n) is 4.46. The predicted molar refractivity (Wildman–Crippen MR) is 125 cm³/mol. The number of ether oxygens (including phenoxy) is 1. The minimum atomic E-state index is -0.632. The molecule has 1 saturated heterocycles. The maximum Gasteiger partial charge on any atom is 0.262 e. The van der Waals surface area contributed by atoms with E-state index in [1.54, 1.807) is 18.4 Å². The third kappa shape index (κ3) is 4.02. The van der Waals surface area contributed by atoms with Gasteiger partial charge in [0.05, 0.1) is 34.0 Å². The molecule has 2 aliphatic heterocycles. The number of nitrogens with one attached hydrogen (secondary N) is 1. The Morgan fingerprint density at radius 3 is 2.66 bits per heavy atom. The first-order valence-corrected chi connectivity index (χ1v) is 11.8. The van der Waals surface area contributed by atoms with E-state index in [4.69, 9.17) is 9.72 Å². The molecular weight excluding hydrogens is 424 g/mol. The molecule has 2 aromatic carbocycles. The van der Waals surface area contributed by atoms with E-state index in [9.17, 15) is 9.59 Å². The lowest BCUT2D eigenvalue weighted by Crippen LogP contribution is -2.51. The molecule has 3 heterocycles. The molecule has 0 aliphatic carbocycles. The number of thiazole rings is 1. The molecular formula is C24H26N4O3S. The molecule has 0 spiro atoms. The lowest BCUT2D eigenvalue weighted by Gasteiger charge is -2.37. The highest BCUT2D eigenvalue weighted by molar-refractivity contribution is 7.18. The van der Waals surface area contributed by atoms with Gasteiger partial charge in [-0.25, -0.2) is 4.98 Å². The smallest absolute Gasteiger partial charge is 0.262 e. The van der Waals surface area contributed by atoms with Crippen LogP contribution in [0.4, 0.5) is 5.69 Å². The number of hydrogen-bond donors (Lipinski definition) is 1. The number of likely N-dealkylation sites (tertiary alicyclic amines) is 1. The van der Waals surface area contributed by atoms with E-state index in [2.05, 4.69) is 17.4 Å². The number of carbonyl (C=O) groups is 2. The molecule has 0 radical (unpaired) electrons. The second-order valence-electron chi connectivity index (χ2n) is 8.24. The first-order chi connectivity index (χ1) is 15.6. The molecule has 1 aromatic heterocycles. The number of likely N-dealkylation sites (N-methyl/N-ethyl adjacent to an activating group) is 1. The maximum absolute atomic E-state index is 13.1. The lowest BCUT2D eigenvalue weighted by molar-refractivity contribution is -0.131. The SMILES string of the molecule is CNC(=O)[C@@H]1CN(CC(=O)N2CCC(c3nc4ccccc4s3)CC2)c2ccccc2O1. The van der Waals surface area contributed by atoms with Gasteiger partial charge in [0.2, 0.25) is 5.91 Å². The Balaban J connectivity index is 1.24. The zero-order chi connectivity index (χ0) is 22.1. The monoisotopic (exact) mass is 450 g/mol. The van der Waals surface area contributed by atoms with Gasteiger partial charge in [-0.2, -0.15) is 0 Å². The summed E-state index contributed by atoms with van der Waals surface area (Å²) >= 11 is 1.76. The molecule has 1 fully saturated rings. The normalized spacial score (nSPS) is 18.8. The van der Waals surface area contributed by atoms with Gasteiger partial charge in [0.25, 0.3) is 5.91 Å². The molecule has 0 bridgehead atoms. The number of piperidine rings is 1. The van der Waals surface area contributed by atoms with Gasteiger partial charge in [-0.15, -0.1) is 11.3 Å². The number of rotatable bonds is 4. The number of amides is 2. The summed E-state index contributed by atoms with van der Waals surface area (Å²) < 4.78 is 7.07. The molecule has 8 heteroatoms. The second kappa shape index (κ2) is 8.78. The van der Waals surface area contributed by atoms with Crippen LogP contribution in [0.25, 0.3) is 10.2 Å². The summed E-state index contributed by atoms with van der Waals surface area (Å²) in [5.74, 6) is 0.932. The fraction of sp³-hybridized carbons (Fsp3) is 0.375. The van der Waals surface area contributed by atoms with Crippen LogP contribution in [0.5, 0.6) is 5.75 Å². The van der Waals surface area contributed by atoms with E-state index in [1.807, 2.05) is 46.2 Å². The van der Waals surface area contributed by atoms with Gasteiger partial charge in [0, 0.05) is 26.1 Å². The van der Waals surface area contributed by atoms with E-state index in [0.29, 0.717) is 18.2 Å². The van der Waals surface area contributed by atoms with Crippen LogP contribution in [0.15, 0.2) is 48.5 Å². The van der Waals surface area contributed by atoms with E-state index in [-0.39, 0.29) is 18.4 Å². The molecule has 2 amide bonds. The molecule has 1 atom stereocenters. The summed E-state index contributed by atoms with van der Waals surface area (Å²) in [5.41, 5.74) is 1.91. The van der Waals surface area contributed by atoms with Gasteiger partial charge in [-0.1, -0.05) is 24.3 Å². The fourth-order valence-corrected chi connectivity index (χ4v) is 5.59. The van der Waals surface area contributed by atoms with Gasteiger partial charge in [0.15, 0.2) is 6.10 Å². The van der Waals surface area contributed by atoms with Crippen molar-refractivity contribution >= 4 is 39.1 Å². The average Bonchev–Trinajstić information content (AvgIpc) is 3.28. The summed E-state index contributed by atoms with van der Waals surface area (Å²) in [7, 11) is 1.59. The maximum atomic E-state index is 13.1. The number of aromatic nitrogens is 1. The molecule has 32 heavy (non-hydrogen) atoms. The van der Waals surface area contributed by atoms with Crippen LogP contribution in [-0.4, -0.2) is 61.0 Å². The van der Waals surface area contributed by atoms with Crippen molar-refractivity contribution in [3.8, 4) is 5.75 Å². The van der Waals surface area contributed by atoms with Crippen molar-refractivity contribution in [1.29, 1.82) is 0 Å². The molecule has 5 rings (SSSR count). The molecule has 2 aliphatic rings. The standard InChI is InChI=1S/C24H26N4O3S/c1-25-23(30)20-14-28(18-7-3-4-8-19(18)31-20)15-22(29)27-12-10-16(11-13-27)24-26-17-6-2-5-9-21(17)32-24/h2-9,16,20H,10-15H2,1H3,(H,25,30)/t20-/m0/s1. The van der Waals surface area contributed by atoms with Gasteiger partial charge >= 0.3 is 0 Å². The molecule has 0 unspecified atom stereocenters. The van der Waals surface area contributed by atoms with Crippen molar-refractivity contribution in [3.05, 3.63) is 53.5 Å².